The lowest BCUT2D eigenvalue weighted by Gasteiger charge is -2.21. The van der Waals surface area contributed by atoms with Crippen LogP contribution in [0.1, 0.15) is 46.4 Å². The predicted molar refractivity (Wildman–Crippen MR) is 94.9 cm³/mol. The summed E-state index contributed by atoms with van der Waals surface area (Å²) in [5, 5.41) is 5.88. The molecule has 0 spiro atoms. The van der Waals surface area contributed by atoms with Gasteiger partial charge < -0.3 is 16.4 Å². The quantitative estimate of drug-likeness (QED) is 0.759. The molecule has 5 heteroatoms. The number of nitrogens with two attached hydrogens (primary N) is 1. The summed E-state index contributed by atoms with van der Waals surface area (Å²) in [5.41, 5.74) is 10.8. The van der Waals surface area contributed by atoms with Gasteiger partial charge in [-0.25, -0.2) is 0 Å². The van der Waals surface area contributed by atoms with Gasteiger partial charge in [-0.05, 0) is 55.2 Å². The zero-order chi connectivity index (χ0) is 17.3. The van der Waals surface area contributed by atoms with E-state index in [2.05, 4.69) is 10.6 Å². The van der Waals surface area contributed by atoms with Crippen LogP contribution < -0.4 is 16.4 Å². The van der Waals surface area contributed by atoms with Crippen molar-refractivity contribution in [1.29, 1.82) is 0 Å². The summed E-state index contributed by atoms with van der Waals surface area (Å²) < 4.78 is 0. The van der Waals surface area contributed by atoms with Crippen LogP contribution in [0.3, 0.4) is 0 Å². The topological polar surface area (TPSA) is 84.2 Å². The molecule has 5 nitrogen and oxygen atoms in total. The Morgan fingerprint density at radius 2 is 2.00 bits per heavy atom. The lowest BCUT2D eigenvalue weighted by Crippen LogP contribution is -2.27. The van der Waals surface area contributed by atoms with Crippen molar-refractivity contribution in [2.75, 3.05) is 11.1 Å². The maximum Gasteiger partial charge on any atom is 0.252 e. The first kappa shape index (κ1) is 16.1. The zero-order valence-electron chi connectivity index (χ0n) is 13.8. The molecule has 4 N–H and O–H groups in total. The van der Waals surface area contributed by atoms with Gasteiger partial charge in [-0.15, -0.1) is 0 Å². The van der Waals surface area contributed by atoms with E-state index in [9.17, 15) is 9.59 Å². The highest BCUT2D eigenvalue weighted by Crippen LogP contribution is 2.26. The van der Waals surface area contributed by atoms with E-state index >= 15 is 0 Å². The molecule has 0 bridgehead atoms. The first-order chi connectivity index (χ1) is 11.4. The number of hydrogen-bond acceptors (Lipinski definition) is 3. The molecule has 1 atom stereocenters. The lowest BCUT2D eigenvalue weighted by atomic mass is 9.97. The van der Waals surface area contributed by atoms with Gasteiger partial charge in [-0.3, -0.25) is 9.59 Å². The van der Waals surface area contributed by atoms with Crippen LogP contribution in [0, 0.1) is 6.92 Å². The SMILES string of the molecule is Cc1ccc(N)cc1C(=O)NC(C)c1ccc2c(c1)CCC(=O)N2. The molecule has 124 valence electrons. The van der Waals surface area contributed by atoms with Crippen LogP contribution in [-0.2, 0) is 11.2 Å². The summed E-state index contributed by atoms with van der Waals surface area (Å²) in [6, 6.07) is 11.1. The molecule has 0 aliphatic carbocycles. The van der Waals surface area contributed by atoms with E-state index in [1.54, 1.807) is 12.1 Å². The molecule has 0 aromatic heterocycles. The van der Waals surface area contributed by atoms with Gasteiger partial charge in [0.1, 0.15) is 0 Å². The Bertz CT molecular complexity index is 814. The molecule has 1 aliphatic rings. The van der Waals surface area contributed by atoms with Crippen molar-refractivity contribution in [2.24, 2.45) is 0 Å². The van der Waals surface area contributed by atoms with E-state index in [0.29, 0.717) is 17.7 Å². The standard InChI is InChI=1S/C19H21N3O2/c1-11-3-6-15(20)10-16(11)19(24)21-12(2)13-4-7-17-14(9-13)5-8-18(23)22-17/h3-4,6-7,9-10,12H,5,8,20H2,1-2H3,(H,21,24)(H,22,23). The Morgan fingerprint density at radius 3 is 2.79 bits per heavy atom. The second kappa shape index (κ2) is 6.35. The Morgan fingerprint density at radius 1 is 1.21 bits per heavy atom. The fourth-order valence-electron chi connectivity index (χ4n) is 2.91. The first-order valence-electron chi connectivity index (χ1n) is 8.03. The molecule has 1 aliphatic heterocycles. The average molecular weight is 323 g/mol. The maximum atomic E-state index is 12.5. The van der Waals surface area contributed by atoms with Crippen molar-refractivity contribution < 1.29 is 9.59 Å². The number of hydrogen-bond donors (Lipinski definition) is 3. The van der Waals surface area contributed by atoms with Crippen LogP contribution in [0.4, 0.5) is 11.4 Å². The number of rotatable bonds is 3. The molecule has 1 heterocycles. The third kappa shape index (κ3) is 3.25. The van der Waals surface area contributed by atoms with E-state index in [4.69, 9.17) is 5.73 Å². The van der Waals surface area contributed by atoms with Gasteiger partial charge in [0.2, 0.25) is 5.91 Å². The summed E-state index contributed by atoms with van der Waals surface area (Å²) in [6.45, 7) is 3.84. The van der Waals surface area contributed by atoms with Crippen molar-refractivity contribution in [3.63, 3.8) is 0 Å². The molecular formula is C19H21N3O2. The van der Waals surface area contributed by atoms with Crippen molar-refractivity contribution in [3.8, 4) is 0 Å². The Kier molecular flexibility index (Phi) is 4.25. The van der Waals surface area contributed by atoms with Gasteiger partial charge in [0.15, 0.2) is 0 Å². The third-order valence-electron chi connectivity index (χ3n) is 4.38. The number of nitrogen functional groups attached to an aromatic ring is 1. The number of anilines is 2. The Hall–Kier alpha value is -2.82. The highest BCUT2D eigenvalue weighted by molar-refractivity contribution is 5.97. The molecule has 0 saturated heterocycles. The van der Waals surface area contributed by atoms with Crippen molar-refractivity contribution in [3.05, 3.63) is 58.7 Å². The van der Waals surface area contributed by atoms with Crippen LogP contribution in [0.25, 0.3) is 0 Å². The van der Waals surface area contributed by atoms with E-state index < -0.39 is 0 Å². The van der Waals surface area contributed by atoms with Crippen LogP contribution in [-0.4, -0.2) is 11.8 Å². The third-order valence-corrected chi connectivity index (χ3v) is 4.38. The van der Waals surface area contributed by atoms with Gasteiger partial charge in [0, 0.05) is 23.4 Å². The molecule has 24 heavy (non-hydrogen) atoms. The lowest BCUT2D eigenvalue weighted by molar-refractivity contribution is -0.116. The van der Waals surface area contributed by atoms with Crippen molar-refractivity contribution in [1.82, 2.24) is 5.32 Å². The molecule has 3 rings (SSSR count). The van der Waals surface area contributed by atoms with Crippen LogP contribution in [0.5, 0.6) is 0 Å². The van der Waals surface area contributed by atoms with Crippen molar-refractivity contribution >= 4 is 23.2 Å². The molecular weight excluding hydrogens is 302 g/mol. The smallest absolute Gasteiger partial charge is 0.252 e. The molecule has 2 aromatic carbocycles. The first-order valence-corrected chi connectivity index (χ1v) is 8.03. The number of nitrogens with one attached hydrogen (secondary N) is 2. The average Bonchev–Trinajstić information content (AvgIpc) is 2.56. The largest absolute Gasteiger partial charge is 0.399 e. The van der Waals surface area contributed by atoms with E-state index in [1.165, 1.54) is 0 Å². The van der Waals surface area contributed by atoms with Gasteiger partial charge in [-0.1, -0.05) is 18.2 Å². The number of carbonyl (C=O) groups excluding carboxylic acids is 2. The summed E-state index contributed by atoms with van der Waals surface area (Å²) in [4.78, 5) is 23.9. The summed E-state index contributed by atoms with van der Waals surface area (Å²) in [7, 11) is 0. The van der Waals surface area contributed by atoms with Gasteiger partial charge in [0.25, 0.3) is 5.91 Å². The minimum absolute atomic E-state index is 0.0498. The fraction of sp³-hybridized carbons (Fsp3) is 0.263. The number of aryl methyl sites for hydroxylation is 2. The monoisotopic (exact) mass is 323 g/mol. The highest BCUT2D eigenvalue weighted by atomic mass is 16.2. The Balaban J connectivity index is 1.77. The number of fused-ring (bicyclic) bond motifs is 1. The highest BCUT2D eigenvalue weighted by Gasteiger charge is 2.18. The molecule has 0 radical (unpaired) electrons. The number of amides is 2. The van der Waals surface area contributed by atoms with E-state index in [-0.39, 0.29) is 17.9 Å². The fourth-order valence-corrected chi connectivity index (χ4v) is 2.91. The normalized spacial score (nSPS) is 14.5. The molecule has 2 aromatic rings. The van der Waals surface area contributed by atoms with Crippen LogP contribution in [0.15, 0.2) is 36.4 Å². The predicted octanol–water partition coefficient (Wildman–Crippen LogP) is 2.95. The van der Waals surface area contributed by atoms with Crippen LogP contribution >= 0.6 is 0 Å². The molecule has 1 unspecified atom stereocenters. The minimum Gasteiger partial charge on any atom is -0.399 e. The van der Waals surface area contributed by atoms with Crippen molar-refractivity contribution in [2.45, 2.75) is 32.7 Å². The molecule has 0 saturated carbocycles. The second-order valence-electron chi connectivity index (χ2n) is 6.23. The minimum atomic E-state index is -0.140. The summed E-state index contributed by atoms with van der Waals surface area (Å²) in [6.07, 6.45) is 1.23. The van der Waals surface area contributed by atoms with Crippen LogP contribution in [0.2, 0.25) is 0 Å². The van der Waals surface area contributed by atoms with E-state index in [1.807, 2.05) is 38.1 Å². The zero-order valence-corrected chi connectivity index (χ0v) is 13.8. The summed E-state index contributed by atoms with van der Waals surface area (Å²) in [5.74, 6) is -0.0907. The maximum absolute atomic E-state index is 12.5. The second-order valence-corrected chi connectivity index (χ2v) is 6.23. The number of carbonyl (C=O) groups is 2. The van der Waals surface area contributed by atoms with Gasteiger partial charge in [0.05, 0.1) is 6.04 Å². The summed E-state index contributed by atoms with van der Waals surface area (Å²) >= 11 is 0. The molecule has 2 amide bonds. The number of benzene rings is 2. The molecule has 0 fully saturated rings. The van der Waals surface area contributed by atoms with Gasteiger partial charge in [-0.2, -0.15) is 0 Å². The van der Waals surface area contributed by atoms with E-state index in [0.717, 1.165) is 28.8 Å². The Labute approximate surface area is 141 Å². The van der Waals surface area contributed by atoms with Gasteiger partial charge >= 0.3 is 0 Å².